The standard InChI is InChI=1S/C17H22N2O2/c1-13(2)19(11-5-8-17(20)21)12-15-10-9-14-6-3-4-7-16(14)18-15/h3-4,6-7,9-10,13H,5,8,11-12H2,1-2H3,(H,20,21). The maximum Gasteiger partial charge on any atom is 0.303 e. The number of rotatable bonds is 7. The molecule has 0 aliphatic heterocycles. The number of hydrogen-bond acceptors (Lipinski definition) is 3. The number of fused-ring (bicyclic) bond motifs is 1. The highest BCUT2D eigenvalue weighted by atomic mass is 16.4. The molecule has 0 amide bonds. The molecule has 0 radical (unpaired) electrons. The van der Waals surface area contributed by atoms with E-state index in [1.54, 1.807) is 0 Å². The van der Waals surface area contributed by atoms with Crippen molar-refractivity contribution in [1.29, 1.82) is 0 Å². The van der Waals surface area contributed by atoms with Crippen LogP contribution >= 0.6 is 0 Å². The molecule has 4 nitrogen and oxygen atoms in total. The summed E-state index contributed by atoms with van der Waals surface area (Å²) in [5, 5.41) is 9.88. The second-order valence-electron chi connectivity index (χ2n) is 5.56. The fourth-order valence-electron chi connectivity index (χ4n) is 2.36. The van der Waals surface area contributed by atoms with Gasteiger partial charge in [-0.1, -0.05) is 24.3 Å². The molecular weight excluding hydrogens is 264 g/mol. The summed E-state index contributed by atoms with van der Waals surface area (Å²) >= 11 is 0. The third-order valence-corrected chi connectivity index (χ3v) is 3.59. The summed E-state index contributed by atoms with van der Waals surface area (Å²) in [6, 6.07) is 12.6. The molecule has 0 saturated carbocycles. The van der Waals surface area contributed by atoms with Gasteiger partial charge in [-0.3, -0.25) is 14.7 Å². The average molecular weight is 286 g/mol. The van der Waals surface area contributed by atoms with E-state index in [1.165, 1.54) is 0 Å². The Labute approximate surface area is 125 Å². The molecule has 0 unspecified atom stereocenters. The van der Waals surface area contributed by atoms with E-state index >= 15 is 0 Å². The van der Waals surface area contributed by atoms with E-state index < -0.39 is 5.97 Å². The van der Waals surface area contributed by atoms with Crippen LogP contribution < -0.4 is 0 Å². The molecule has 0 aliphatic rings. The Morgan fingerprint density at radius 3 is 2.71 bits per heavy atom. The Hall–Kier alpha value is -1.94. The normalized spacial score (nSPS) is 11.4. The summed E-state index contributed by atoms with van der Waals surface area (Å²) in [6.07, 6.45) is 0.884. The van der Waals surface area contributed by atoms with Crippen molar-refractivity contribution < 1.29 is 9.90 Å². The Balaban J connectivity index is 2.05. The van der Waals surface area contributed by atoms with E-state index in [2.05, 4.69) is 41.9 Å². The van der Waals surface area contributed by atoms with Crippen molar-refractivity contribution in [3.05, 3.63) is 42.1 Å². The van der Waals surface area contributed by atoms with Crippen LogP contribution in [-0.2, 0) is 11.3 Å². The lowest BCUT2D eigenvalue weighted by Gasteiger charge is -2.26. The SMILES string of the molecule is CC(C)N(CCCC(=O)O)Cc1ccc2ccccc2n1. The van der Waals surface area contributed by atoms with Gasteiger partial charge in [0.15, 0.2) is 0 Å². The van der Waals surface area contributed by atoms with Gasteiger partial charge in [-0.2, -0.15) is 0 Å². The van der Waals surface area contributed by atoms with Gasteiger partial charge < -0.3 is 5.11 Å². The summed E-state index contributed by atoms with van der Waals surface area (Å²) in [7, 11) is 0. The first kappa shape index (κ1) is 15.4. The highest BCUT2D eigenvalue weighted by Crippen LogP contribution is 2.14. The fraction of sp³-hybridized carbons (Fsp3) is 0.412. The second kappa shape index (κ2) is 7.18. The van der Waals surface area contributed by atoms with Crippen LogP contribution in [0, 0.1) is 0 Å². The zero-order valence-corrected chi connectivity index (χ0v) is 12.6. The lowest BCUT2D eigenvalue weighted by Crippen LogP contribution is -2.32. The number of carboxylic acid groups (broad SMARTS) is 1. The van der Waals surface area contributed by atoms with Crippen LogP contribution in [0.3, 0.4) is 0 Å². The molecule has 0 saturated heterocycles. The Bertz CT molecular complexity index is 611. The monoisotopic (exact) mass is 286 g/mol. The van der Waals surface area contributed by atoms with Crippen LogP contribution in [0.5, 0.6) is 0 Å². The maximum absolute atomic E-state index is 10.6. The van der Waals surface area contributed by atoms with E-state index in [1.807, 2.05) is 18.2 Å². The smallest absolute Gasteiger partial charge is 0.303 e. The van der Waals surface area contributed by atoms with Crippen LogP contribution in [-0.4, -0.2) is 33.5 Å². The Morgan fingerprint density at radius 1 is 1.24 bits per heavy atom. The minimum Gasteiger partial charge on any atom is -0.481 e. The molecule has 4 heteroatoms. The molecule has 2 aromatic rings. The lowest BCUT2D eigenvalue weighted by molar-refractivity contribution is -0.137. The van der Waals surface area contributed by atoms with Gasteiger partial charge in [0.25, 0.3) is 0 Å². The zero-order valence-electron chi connectivity index (χ0n) is 12.6. The third kappa shape index (κ3) is 4.53. The van der Waals surface area contributed by atoms with Gasteiger partial charge in [0.1, 0.15) is 0 Å². The van der Waals surface area contributed by atoms with Gasteiger partial charge >= 0.3 is 5.97 Å². The first-order chi connectivity index (χ1) is 10.1. The first-order valence-corrected chi connectivity index (χ1v) is 7.37. The molecule has 2 rings (SSSR count). The molecule has 0 spiro atoms. The minimum atomic E-state index is -0.734. The van der Waals surface area contributed by atoms with Crippen molar-refractivity contribution in [2.75, 3.05) is 6.54 Å². The number of aliphatic carboxylic acids is 1. The molecule has 0 fully saturated rings. The Kier molecular flexibility index (Phi) is 5.28. The molecule has 1 N–H and O–H groups in total. The fourth-order valence-corrected chi connectivity index (χ4v) is 2.36. The number of hydrogen-bond donors (Lipinski definition) is 1. The van der Waals surface area contributed by atoms with Gasteiger partial charge in [0.2, 0.25) is 0 Å². The number of benzene rings is 1. The quantitative estimate of drug-likeness (QED) is 0.848. The second-order valence-corrected chi connectivity index (χ2v) is 5.56. The van der Waals surface area contributed by atoms with Crippen LogP contribution in [0.2, 0.25) is 0 Å². The van der Waals surface area contributed by atoms with Crippen molar-refractivity contribution >= 4 is 16.9 Å². The molecule has 0 aliphatic carbocycles. The van der Waals surface area contributed by atoms with Crippen LogP contribution in [0.25, 0.3) is 10.9 Å². The van der Waals surface area contributed by atoms with Crippen molar-refractivity contribution in [3.63, 3.8) is 0 Å². The molecule has 1 heterocycles. The van der Waals surface area contributed by atoms with Crippen molar-refractivity contribution in [3.8, 4) is 0 Å². The zero-order chi connectivity index (χ0) is 15.2. The molecule has 0 atom stereocenters. The van der Waals surface area contributed by atoms with Crippen LogP contribution in [0.4, 0.5) is 0 Å². The molecule has 1 aromatic carbocycles. The summed E-state index contributed by atoms with van der Waals surface area (Å²) < 4.78 is 0. The van der Waals surface area contributed by atoms with Crippen molar-refractivity contribution in [1.82, 2.24) is 9.88 Å². The largest absolute Gasteiger partial charge is 0.481 e. The lowest BCUT2D eigenvalue weighted by atomic mass is 10.2. The number of aromatic nitrogens is 1. The van der Waals surface area contributed by atoms with E-state index in [4.69, 9.17) is 5.11 Å². The van der Waals surface area contributed by atoms with E-state index in [0.29, 0.717) is 12.5 Å². The Morgan fingerprint density at radius 2 is 2.00 bits per heavy atom. The highest BCUT2D eigenvalue weighted by molar-refractivity contribution is 5.78. The van der Waals surface area contributed by atoms with Gasteiger partial charge in [-0.15, -0.1) is 0 Å². The van der Waals surface area contributed by atoms with Gasteiger partial charge in [-0.05, 0) is 38.9 Å². The number of nitrogens with zero attached hydrogens (tertiary/aromatic N) is 2. The van der Waals surface area contributed by atoms with Crippen LogP contribution in [0.1, 0.15) is 32.4 Å². The summed E-state index contributed by atoms with van der Waals surface area (Å²) in [5.41, 5.74) is 2.03. The first-order valence-electron chi connectivity index (χ1n) is 7.37. The highest BCUT2D eigenvalue weighted by Gasteiger charge is 2.11. The predicted octanol–water partition coefficient (Wildman–Crippen LogP) is 3.31. The average Bonchev–Trinajstić information content (AvgIpc) is 2.45. The summed E-state index contributed by atoms with van der Waals surface area (Å²) in [4.78, 5) is 17.6. The number of para-hydroxylation sites is 1. The number of carboxylic acids is 1. The molecule has 0 bridgehead atoms. The topological polar surface area (TPSA) is 53.4 Å². The van der Waals surface area contributed by atoms with Gasteiger partial charge in [0.05, 0.1) is 11.2 Å². The van der Waals surface area contributed by atoms with Crippen LogP contribution in [0.15, 0.2) is 36.4 Å². The maximum atomic E-state index is 10.6. The van der Waals surface area contributed by atoms with Crippen molar-refractivity contribution in [2.24, 2.45) is 0 Å². The molecule has 112 valence electrons. The molecular formula is C17H22N2O2. The van der Waals surface area contributed by atoms with E-state index in [0.717, 1.165) is 29.7 Å². The van der Waals surface area contributed by atoms with E-state index in [-0.39, 0.29) is 6.42 Å². The van der Waals surface area contributed by atoms with E-state index in [9.17, 15) is 4.79 Å². The summed E-state index contributed by atoms with van der Waals surface area (Å²) in [6.45, 7) is 5.78. The van der Waals surface area contributed by atoms with Gasteiger partial charge in [-0.25, -0.2) is 0 Å². The summed E-state index contributed by atoms with van der Waals surface area (Å²) in [5.74, 6) is -0.734. The minimum absolute atomic E-state index is 0.217. The molecule has 21 heavy (non-hydrogen) atoms. The predicted molar refractivity (Wildman–Crippen MR) is 84.2 cm³/mol. The number of carbonyl (C=O) groups is 1. The molecule has 1 aromatic heterocycles. The van der Waals surface area contributed by atoms with Crippen molar-refractivity contribution in [2.45, 2.75) is 39.3 Å². The van der Waals surface area contributed by atoms with Gasteiger partial charge in [0, 0.05) is 24.4 Å². The third-order valence-electron chi connectivity index (χ3n) is 3.59. The number of pyridine rings is 1.